The first-order valence-electron chi connectivity index (χ1n) is 5.89. The smallest absolute Gasteiger partial charge is 0.253 e. The molecule has 2 rings (SSSR count). The highest BCUT2D eigenvalue weighted by Gasteiger charge is 2.23. The molecule has 1 aromatic carbocycles. The van der Waals surface area contributed by atoms with Crippen molar-refractivity contribution in [3.05, 3.63) is 29.8 Å². The Morgan fingerprint density at radius 2 is 2.12 bits per heavy atom. The van der Waals surface area contributed by atoms with E-state index in [-0.39, 0.29) is 11.9 Å². The molecule has 0 saturated carbocycles. The van der Waals surface area contributed by atoms with Gasteiger partial charge in [-0.15, -0.1) is 0 Å². The number of hydrogen-bond donors (Lipinski definition) is 1. The number of carbonyl (C=O) groups excluding carboxylic acids is 1. The first-order valence-corrected chi connectivity index (χ1v) is 5.89. The van der Waals surface area contributed by atoms with E-state index in [0.717, 1.165) is 19.4 Å². The Kier molecular flexibility index (Phi) is 3.64. The normalized spacial score (nSPS) is 19.9. The minimum atomic E-state index is 0.0282. The number of nitrogens with two attached hydrogens (primary N) is 1. The molecule has 1 unspecified atom stereocenters. The monoisotopic (exact) mass is 234 g/mol. The number of benzene rings is 1. The largest absolute Gasteiger partial charge is 0.399 e. The van der Waals surface area contributed by atoms with Gasteiger partial charge in [-0.1, -0.05) is 0 Å². The lowest BCUT2D eigenvalue weighted by Crippen LogP contribution is -2.42. The van der Waals surface area contributed by atoms with E-state index >= 15 is 0 Å². The molecule has 1 fully saturated rings. The number of nitrogen functional groups attached to an aromatic ring is 1. The molecule has 0 radical (unpaired) electrons. The summed E-state index contributed by atoms with van der Waals surface area (Å²) in [5.41, 5.74) is 6.95. The van der Waals surface area contributed by atoms with Gasteiger partial charge in [0.1, 0.15) is 0 Å². The van der Waals surface area contributed by atoms with Crippen molar-refractivity contribution in [2.45, 2.75) is 18.9 Å². The lowest BCUT2D eigenvalue weighted by atomic mass is 10.1. The fraction of sp³-hybridized carbons (Fsp3) is 0.462. The van der Waals surface area contributed by atoms with Crippen LogP contribution in [-0.2, 0) is 4.74 Å². The minimum absolute atomic E-state index is 0.0282. The summed E-state index contributed by atoms with van der Waals surface area (Å²) >= 11 is 0. The molecular formula is C13H18N2O2. The second-order valence-electron chi connectivity index (χ2n) is 4.41. The zero-order valence-corrected chi connectivity index (χ0v) is 10.1. The highest BCUT2D eigenvalue weighted by atomic mass is 16.5. The molecule has 1 aromatic rings. The van der Waals surface area contributed by atoms with E-state index in [1.807, 2.05) is 7.05 Å². The standard InChI is InChI=1S/C13H18N2O2/c1-15(12-3-2-8-17-9-12)13(16)10-4-6-11(14)7-5-10/h4-7,12H,2-3,8-9,14H2,1H3. The number of anilines is 1. The van der Waals surface area contributed by atoms with E-state index in [0.29, 0.717) is 17.9 Å². The highest BCUT2D eigenvalue weighted by Crippen LogP contribution is 2.15. The van der Waals surface area contributed by atoms with Crippen LogP contribution in [0.25, 0.3) is 0 Å². The van der Waals surface area contributed by atoms with Gasteiger partial charge < -0.3 is 15.4 Å². The molecule has 0 aliphatic carbocycles. The van der Waals surface area contributed by atoms with Gasteiger partial charge in [-0.05, 0) is 37.1 Å². The third-order valence-corrected chi connectivity index (χ3v) is 3.16. The van der Waals surface area contributed by atoms with Crippen molar-refractivity contribution < 1.29 is 9.53 Å². The van der Waals surface area contributed by atoms with Crippen LogP contribution < -0.4 is 5.73 Å². The van der Waals surface area contributed by atoms with Crippen molar-refractivity contribution in [2.75, 3.05) is 26.0 Å². The first kappa shape index (κ1) is 11.9. The van der Waals surface area contributed by atoms with Crippen LogP contribution in [0.1, 0.15) is 23.2 Å². The molecule has 1 heterocycles. The van der Waals surface area contributed by atoms with Gasteiger partial charge in [0.15, 0.2) is 0 Å². The van der Waals surface area contributed by atoms with Crippen molar-refractivity contribution >= 4 is 11.6 Å². The molecule has 0 aromatic heterocycles. The molecule has 17 heavy (non-hydrogen) atoms. The van der Waals surface area contributed by atoms with Crippen LogP contribution in [0.4, 0.5) is 5.69 Å². The molecule has 0 spiro atoms. The predicted octanol–water partition coefficient (Wildman–Crippen LogP) is 1.52. The Balaban J connectivity index is 2.05. The highest BCUT2D eigenvalue weighted by molar-refractivity contribution is 5.94. The van der Waals surface area contributed by atoms with Crippen molar-refractivity contribution in [3.63, 3.8) is 0 Å². The Hall–Kier alpha value is -1.55. The molecule has 1 saturated heterocycles. The number of nitrogens with zero attached hydrogens (tertiary/aromatic N) is 1. The molecule has 1 atom stereocenters. The average Bonchev–Trinajstić information content (AvgIpc) is 2.39. The van der Waals surface area contributed by atoms with Crippen LogP contribution in [0.15, 0.2) is 24.3 Å². The van der Waals surface area contributed by atoms with Gasteiger partial charge in [-0.2, -0.15) is 0 Å². The van der Waals surface area contributed by atoms with Gasteiger partial charge in [0.25, 0.3) is 5.91 Å². The number of likely N-dealkylation sites (N-methyl/N-ethyl adjacent to an activating group) is 1. The van der Waals surface area contributed by atoms with Gasteiger partial charge in [0, 0.05) is 24.9 Å². The van der Waals surface area contributed by atoms with Crippen LogP contribution in [0.5, 0.6) is 0 Å². The molecule has 0 bridgehead atoms. The van der Waals surface area contributed by atoms with Crippen molar-refractivity contribution in [1.29, 1.82) is 0 Å². The van der Waals surface area contributed by atoms with Gasteiger partial charge in [0.2, 0.25) is 0 Å². The second kappa shape index (κ2) is 5.19. The number of amides is 1. The summed E-state index contributed by atoms with van der Waals surface area (Å²) in [5, 5.41) is 0. The maximum Gasteiger partial charge on any atom is 0.253 e. The maximum absolute atomic E-state index is 12.2. The fourth-order valence-corrected chi connectivity index (χ4v) is 2.02. The van der Waals surface area contributed by atoms with Crippen molar-refractivity contribution in [1.82, 2.24) is 4.90 Å². The van der Waals surface area contributed by atoms with Crippen LogP contribution in [0.3, 0.4) is 0 Å². The van der Waals surface area contributed by atoms with Gasteiger partial charge in [0.05, 0.1) is 12.6 Å². The quantitative estimate of drug-likeness (QED) is 0.789. The van der Waals surface area contributed by atoms with Crippen LogP contribution >= 0.6 is 0 Å². The molecule has 92 valence electrons. The van der Waals surface area contributed by atoms with E-state index in [1.54, 1.807) is 29.2 Å². The summed E-state index contributed by atoms with van der Waals surface area (Å²) in [6.07, 6.45) is 2.03. The molecule has 2 N–H and O–H groups in total. The van der Waals surface area contributed by atoms with Crippen LogP contribution in [0.2, 0.25) is 0 Å². The number of rotatable bonds is 2. The van der Waals surface area contributed by atoms with Gasteiger partial charge in [-0.3, -0.25) is 4.79 Å². The van der Waals surface area contributed by atoms with E-state index in [4.69, 9.17) is 10.5 Å². The first-order chi connectivity index (χ1) is 8.18. The molecule has 4 heteroatoms. The Morgan fingerprint density at radius 3 is 2.71 bits per heavy atom. The molecule has 1 aliphatic heterocycles. The van der Waals surface area contributed by atoms with E-state index in [1.165, 1.54) is 0 Å². The SMILES string of the molecule is CN(C(=O)c1ccc(N)cc1)C1CCCOC1. The van der Waals surface area contributed by atoms with E-state index in [9.17, 15) is 4.79 Å². The summed E-state index contributed by atoms with van der Waals surface area (Å²) in [6.45, 7) is 1.44. The summed E-state index contributed by atoms with van der Waals surface area (Å²) in [6, 6.07) is 7.21. The fourth-order valence-electron chi connectivity index (χ4n) is 2.02. The summed E-state index contributed by atoms with van der Waals surface area (Å²) < 4.78 is 5.39. The van der Waals surface area contributed by atoms with E-state index < -0.39 is 0 Å². The summed E-state index contributed by atoms with van der Waals surface area (Å²) in [5.74, 6) is 0.0282. The van der Waals surface area contributed by atoms with Crippen LogP contribution in [-0.4, -0.2) is 37.1 Å². The van der Waals surface area contributed by atoms with Crippen molar-refractivity contribution in [2.24, 2.45) is 0 Å². The Morgan fingerprint density at radius 1 is 1.41 bits per heavy atom. The molecule has 1 amide bonds. The lowest BCUT2D eigenvalue weighted by Gasteiger charge is -2.31. The predicted molar refractivity (Wildman–Crippen MR) is 66.8 cm³/mol. The van der Waals surface area contributed by atoms with Gasteiger partial charge in [-0.25, -0.2) is 0 Å². The molecule has 4 nitrogen and oxygen atoms in total. The second-order valence-corrected chi connectivity index (χ2v) is 4.41. The topological polar surface area (TPSA) is 55.6 Å². The minimum Gasteiger partial charge on any atom is -0.399 e. The van der Waals surface area contributed by atoms with Crippen LogP contribution in [0, 0.1) is 0 Å². The number of hydrogen-bond acceptors (Lipinski definition) is 3. The Labute approximate surface area is 101 Å². The zero-order valence-electron chi connectivity index (χ0n) is 10.1. The van der Waals surface area contributed by atoms with E-state index in [2.05, 4.69) is 0 Å². The number of ether oxygens (including phenoxy) is 1. The third-order valence-electron chi connectivity index (χ3n) is 3.16. The summed E-state index contributed by atoms with van der Waals surface area (Å²) in [4.78, 5) is 14.0. The zero-order chi connectivity index (χ0) is 12.3. The van der Waals surface area contributed by atoms with Gasteiger partial charge >= 0.3 is 0 Å². The number of carbonyl (C=O) groups is 1. The molecular weight excluding hydrogens is 216 g/mol. The Bertz CT molecular complexity index is 383. The molecule has 1 aliphatic rings. The van der Waals surface area contributed by atoms with Crippen molar-refractivity contribution in [3.8, 4) is 0 Å². The average molecular weight is 234 g/mol. The maximum atomic E-state index is 12.2. The third kappa shape index (κ3) is 2.77. The lowest BCUT2D eigenvalue weighted by molar-refractivity contribution is 0.0244. The summed E-state index contributed by atoms with van der Waals surface area (Å²) in [7, 11) is 1.83.